The third-order valence-corrected chi connectivity index (χ3v) is 7.19. The van der Waals surface area contributed by atoms with Crippen LogP contribution in [0.25, 0.3) is 0 Å². The highest BCUT2D eigenvalue weighted by atomic mass is 35.5. The molecule has 6 nitrogen and oxygen atoms in total. The van der Waals surface area contributed by atoms with E-state index in [1.165, 1.54) is 11.1 Å². The molecule has 3 amide bonds. The molecule has 3 aromatic rings. The number of hydrogen-bond acceptors (Lipinski definition) is 3. The number of benzene rings is 3. The first kappa shape index (κ1) is 23.2. The van der Waals surface area contributed by atoms with E-state index >= 15 is 0 Å². The van der Waals surface area contributed by atoms with E-state index in [4.69, 9.17) is 11.6 Å². The molecule has 0 radical (unpaired) electrons. The van der Waals surface area contributed by atoms with Crippen molar-refractivity contribution in [1.82, 2.24) is 4.90 Å². The summed E-state index contributed by atoms with van der Waals surface area (Å²) < 4.78 is 0. The van der Waals surface area contributed by atoms with Gasteiger partial charge in [0.1, 0.15) is 0 Å². The Bertz CT molecular complexity index is 1270. The molecule has 1 saturated heterocycles. The van der Waals surface area contributed by atoms with Gasteiger partial charge in [-0.1, -0.05) is 41.9 Å². The minimum Gasteiger partial charge on any atom is -0.366 e. The first-order valence-electron chi connectivity index (χ1n) is 12.1. The maximum absolute atomic E-state index is 13.5. The zero-order valence-electron chi connectivity index (χ0n) is 19.8. The number of likely N-dealkylation sites (tertiary alicyclic amines) is 1. The predicted molar refractivity (Wildman–Crippen MR) is 142 cm³/mol. The van der Waals surface area contributed by atoms with E-state index in [2.05, 4.69) is 39.8 Å². The number of rotatable bonds is 4. The molecule has 2 aliphatic heterocycles. The van der Waals surface area contributed by atoms with Crippen LogP contribution in [0.15, 0.2) is 60.7 Å². The Morgan fingerprint density at radius 2 is 1.54 bits per heavy atom. The van der Waals surface area contributed by atoms with Gasteiger partial charge in [-0.25, -0.2) is 4.79 Å². The second-order valence-corrected chi connectivity index (χ2v) is 9.62. The first-order valence-corrected chi connectivity index (χ1v) is 12.4. The van der Waals surface area contributed by atoms with Crippen LogP contribution in [0.2, 0.25) is 5.02 Å². The average molecular weight is 489 g/mol. The Hall–Kier alpha value is -3.51. The van der Waals surface area contributed by atoms with Gasteiger partial charge >= 0.3 is 6.03 Å². The lowest BCUT2D eigenvalue weighted by atomic mass is 9.98. The van der Waals surface area contributed by atoms with Crippen molar-refractivity contribution < 1.29 is 9.59 Å². The van der Waals surface area contributed by atoms with Crippen molar-refractivity contribution >= 4 is 40.6 Å². The van der Waals surface area contributed by atoms with Gasteiger partial charge < -0.3 is 20.4 Å². The zero-order chi connectivity index (χ0) is 24.4. The molecule has 0 aromatic heterocycles. The SMILES string of the molecule is Cc1ccc(NC(=O)Nc2ccc(N3CCc4ccccc4C3)c(C(=O)N3CCCC3)c2)cc1Cl. The number of carbonyl (C=O) groups excluding carboxylic acids is 2. The number of halogens is 1. The van der Waals surface area contributed by atoms with Gasteiger partial charge in [0, 0.05) is 48.3 Å². The van der Waals surface area contributed by atoms with Crippen LogP contribution in [-0.4, -0.2) is 36.5 Å². The summed E-state index contributed by atoms with van der Waals surface area (Å²) in [5.74, 6) is 0.0192. The van der Waals surface area contributed by atoms with Gasteiger partial charge in [-0.15, -0.1) is 0 Å². The van der Waals surface area contributed by atoms with Crippen LogP contribution in [0.4, 0.5) is 21.9 Å². The number of nitrogens with zero attached hydrogens (tertiary/aromatic N) is 2. The first-order chi connectivity index (χ1) is 17.0. The van der Waals surface area contributed by atoms with Crippen LogP contribution >= 0.6 is 11.6 Å². The monoisotopic (exact) mass is 488 g/mol. The molecule has 35 heavy (non-hydrogen) atoms. The van der Waals surface area contributed by atoms with Gasteiger partial charge in [-0.05, 0) is 73.2 Å². The van der Waals surface area contributed by atoms with Gasteiger partial charge in [0.25, 0.3) is 5.91 Å². The van der Waals surface area contributed by atoms with Crippen LogP contribution < -0.4 is 15.5 Å². The zero-order valence-corrected chi connectivity index (χ0v) is 20.6. The summed E-state index contributed by atoms with van der Waals surface area (Å²) in [5.41, 5.74) is 6.31. The number of nitrogens with one attached hydrogen (secondary N) is 2. The summed E-state index contributed by atoms with van der Waals surface area (Å²) in [6.07, 6.45) is 2.99. The Labute approximate surface area is 210 Å². The molecular weight excluding hydrogens is 460 g/mol. The van der Waals surface area contributed by atoms with Gasteiger partial charge in [0.2, 0.25) is 0 Å². The van der Waals surface area contributed by atoms with Crippen molar-refractivity contribution in [2.45, 2.75) is 32.7 Å². The normalized spacial score (nSPS) is 15.0. The topological polar surface area (TPSA) is 64.7 Å². The van der Waals surface area contributed by atoms with E-state index in [0.29, 0.717) is 22.0 Å². The summed E-state index contributed by atoms with van der Waals surface area (Å²) in [6, 6.07) is 19.1. The Kier molecular flexibility index (Phi) is 6.64. The van der Waals surface area contributed by atoms with Crippen molar-refractivity contribution in [2.75, 3.05) is 35.2 Å². The van der Waals surface area contributed by atoms with Crippen molar-refractivity contribution in [3.63, 3.8) is 0 Å². The maximum Gasteiger partial charge on any atom is 0.323 e. The van der Waals surface area contributed by atoms with Gasteiger partial charge in [0.05, 0.1) is 5.56 Å². The van der Waals surface area contributed by atoms with E-state index in [9.17, 15) is 9.59 Å². The van der Waals surface area contributed by atoms with E-state index in [0.717, 1.165) is 56.7 Å². The number of hydrogen-bond donors (Lipinski definition) is 2. The average Bonchev–Trinajstić information content (AvgIpc) is 3.40. The fraction of sp³-hybridized carbons (Fsp3) is 0.286. The molecule has 2 heterocycles. The molecule has 5 rings (SSSR count). The number of carbonyl (C=O) groups is 2. The van der Waals surface area contributed by atoms with E-state index < -0.39 is 0 Å². The van der Waals surface area contributed by atoms with Gasteiger partial charge in [0.15, 0.2) is 0 Å². The lowest BCUT2D eigenvalue weighted by Gasteiger charge is -2.33. The second kappa shape index (κ2) is 10.0. The molecule has 2 aliphatic rings. The molecule has 0 atom stereocenters. The van der Waals surface area contributed by atoms with E-state index in [-0.39, 0.29) is 11.9 Å². The largest absolute Gasteiger partial charge is 0.366 e. The minimum absolute atomic E-state index is 0.0192. The molecule has 180 valence electrons. The molecule has 0 spiro atoms. The number of urea groups is 1. The number of anilines is 3. The molecule has 2 N–H and O–H groups in total. The smallest absolute Gasteiger partial charge is 0.323 e. The van der Waals surface area contributed by atoms with Crippen molar-refractivity contribution in [2.24, 2.45) is 0 Å². The highest BCUT2D eigenvalue weighted by Gasteiger charge is 2.26. The van der Waals surface area contributed by atoms with E-state index in [1.54, 1.807) is 18.2 Å². The third-order valence-electron chi connectivity index (χ3n) is 6.78. The number of fused-ring (bicyclic) bond motifs is 1. The molecule has 1 fully saturated rings. The third kappa shape index (κ3) is 5.13. The summed E-state index contributed by atoms with van der Waals surface area (Å²) in [6.45, 7) is 5.06. The molecule has 3 aromatic carbocycles. The predicted octanol–water partition coefficient (Wildman–Crippen LogP) is 6.09. The molecular formula is C28H29ClN4O2. The van der Waals surface area contributed by atoms with Crippen LogP contribution in [0.1, 0.15) is 39.9 Å². The van der Waals surface area contributed by atoms with Crippen LogP contribution in [0, 0.1) is 6.92 Å². The van der Waals surface area contributed by atoms with Crippen molar-refractivity contribution in [3.8, 4) is 0 Å². The molecule has 0 bridgehead atoms. The quantitative estimate of drug-likeness (QED) is 0.467. The number of amides is 3. The minimum atomic E-state index is -0.385. The molecule has 0 unspecified atom stereocenters. The fourth-order valence-electron chi connectivity index (χ4n) is 4.82. The lowest BCUT2D eigenvalue weighted by Crippen LogP contribution is -2.34. The maximum atomic E-state index is 13.5. The summed E-state index contributed by atoms with van der Waals surface area (Å²) in [4.78, 5) is 30.4. The van der Waals surface area contributed by atoms with Crippen molar-refractivity contribution in [1.29, 1.82) is 0 Å². The Morgan fingerprint density at radius 3 is 2.29 bits per heavy atom. The molecule has 7 heteroatoms. The number of aryl methyl sites for hydroxylation is 1. The van der Waals surface area contributed by atoms with Crippen LogP contribution in [0.3, 0.4) is 0 Å². The Balaban J connectivity index is 1.39. The van der Waals surface area contributed by atoms with Crippen LogP contribution in [0.5, 0.6) is 0 Å². The molecule has 0 aliphatic carbocycles. The summed E-state index contributed by atoms with van der Waals surface area (Å²) in [5, 5.41) is 6.28. The second-order valence-electron chi connectivity index (χ2n) is 9.21. The molecule has 0 saturated carbocycles. The lowest BCUT2D eigenvalue weighted by molar-refractivity contribution is 0.0793. The fourth-order valence-corrected chi connectivity index (χ4v) is 5.00. The highest BCUT2D eigenvalue weighted by molar-refractivity contribution is 6.31. The summed E-state index contributed by atoms with van der Waals surface area (Å²) >= 11 is 6.18. The van der Waals surface area contributed by atoms with Gasteiger partial charge in [-0.3, -0.25) is 4.79 Å². The Morgan fingerprint density at radius 1 is 0.857 bits per heavy atom. The highest BCUT2D eigenvalue weighted by Crippen LogP contribution is 2.31. The van der Waals surface area contributed by atoms with Crippen LogP contribution in [-0.2, 0) is 13.0 Å². The van der Waals surface area contributed by atoms with Crippen molar-refractivity contribution in [3.05, 3.63) is 87.9 Å². The van der Waals surface area contributed by atoms with Gasteiger partial charge in [-0.2, -0.15) is 0 Å². The summed E-state index contributed by atoms with van der Waals surface area (Å²) in [7, 11) is 0. The standard InChI is InChI=1S/C28H29ClN4O2/c1-19-8-9-23(17-25(19)29)31-28(35)30-22-10-11-26(24(16-22)27(34)32-13-4-5-14-32)33-15-12-20-6-2-3-7-21(20)18-33/h2-3,6-11,16-17H,4-5,12-15,18H2,1H3,(H2,30,31,35). The van der Waals surface area contributed by atoms with E-state index in [1.807, 2.05) is 30.0 Å².